The molecular weight excluding hydrogens is 189 g/mol. The van der Waals surface area contributed by atoms with Gasteiger partial charge in [0, 0.05) is 5.56 Å². The highest BCUT2D eigenvalue weighted by Gasteiger charge is 2.19. The third-order valence-electron chi connectivity index (χ3n) is 1.85. The average molecular weight is 199 g/mol. The van der Waals surface area contributed by atoms with Gasteiger partial charge in [-0.1, -0.05) is 6.07 Å². The molecular formula is C9H10FNO3. The minimum Gasteiger partial charge on any atom is -0.478 e. The molecule has 0 aliphatic carbocycles. The van der Waals surface area contributed by atoms with E-state index in [1.54, 1.807) is 0 Å². The average Bonchev–Trinajstić information content (AvgIpc) is 2.16. The first kappa shape index (κ1) is 10.6. The summed E-state index contributed by atoms with van der Waals surface area (Å²) in [4.78, 5) is 10.7. The van der Waals surface area contributed by atoms with Crippen LogP contribution in [-0.2, 0) is 0 Å². The van der Waals surface area contributed by atoms with Crippen molar-refractivity contribution < 1.29 is 19.4 Å². The van der Waals surface area contributed by atoms with Gasteiger partial charge in [0.15, 0.2) is 0 Å². The summed E-state index contributed by atoms with van der Waals surface area (Å²) in [6.45, 7) is -0.499. The SMILES string of the molecule is NC(CO)c1c(F)cccc1C(=O)O. The van der Waals surface area contributed by atoms with Crippen molar-refractivity contribution >= 4 is 5.97 Å². The van der Waals surface area contributed by atoms with Crippen molar-refractivity contribution in [1.82, 2.24) is 0 Å². The molecule has 1 atom stereocenters. The lowest BCUT2D eigenvalue weighted by Gasteiger charge is -2.12. The van der Waals surface area contributed by atoms with Gasteiger partial charge in [0.25, 0.3) is 0 Å². The molecule has 4 N–H and O–H groups in total. The Labute approximate surface area is 79.8 Å². The van der Waals surface area contributed by atoms with Gasteiger partial charge in [-0.25, -0.2) is 9.18 Å². The molecule has 1 aromatic carbocycles. The fourth-order valence-electron chi connectivity index (χ4n) is 1.19. The van der Waals surface area contributed by atoms with E-state index in [1.807, 2.05) is 0 Å². The van der Waals surface area contributed by atoms with E-state index >= 15 is 0 Å². The Balaban J connectivity index is 3.29. The number of carboxylic acids is 1. The lowest BCUT2D eigenvalue weighted by atomic mass is 10.0. The number of rotatable bonds is 3. The van der Waals surface area contributed by atoms with Crippen LogP contribution in [0.25, 0.3) is 0 Å². The molecule has 1 aromatic rings. The van der Waals surface area contributed by atoms with Crippen LogP contribution in [0.3, 0.4) is 0 Å². The van der Waals surface area contributed by atoms with Crippen LogP contribution in [0.15, 0.2) is 18.2 Å². The van der Waals surface area contributed by atoms with Gasteiger partial charge >= 0.3 is 5.97 Å². The number of hydrogen-bond donors (Lipinski definition) is 3. The van der Waals surface area contributed by atoms with Crippen LogP contribution < -0.4 is 5.73 Å². The summed E-state index contributed by atoms with van der Waals surface area (Å²) in [5, 5.41) is 17.5. The molecule has 0 saturated carbocycles. The Hall–Kier alpha value is -1.46. The van der Waals surface area contributed by atoms with Crippen LogP contribution in [0.5, 0.6) is 0 Å². The lowest BCUT2D eigenvalue weighted by molar-refractivity contribution is 0.0694. The van der Waals surface area contributed by atoms with Gasteiger partial charge in [-0.2, -0.15) is 0 Å². The molecule has 0 radical (unpaired) electrons. The summed E-state index contributed by atoms with van der Waals surface area (Å²) in [7, 11) is 0. The van der Waals surface area contributed by atoms with Gasteiger partial charge in [0.05, 0.1) is 18.2 Å². The highest BCUT2D eigenvalue weighted by atomic mass is 19.1. The Bertz CT molecular complexity index is 354. The Morgan fingerprint density at radius 3 is 2.71 bits per heavy atom. The molecule has 0 fully saturated rings. The molecule has 0 saturated heterocycles. The minimum atomic E-state index is -1.26. The molecule has 0 bridgehead atoms. The monoisotopic (exact) mass is 199 g/mol. The van der Waals surface area contributed by atoms with Crippen molar-refractivity contribution in [3.63, 3.8) is 0 Å². The van der Waals surface area contributed by atoms with Gasteiger partial charge in [-0.05, 0) is 12.1 Å². The second-order valence-electron chi connectivity index (χ2n) is 2.80. The Kier molecular flexibility index (Phi) is 3.16. The zero-order valence-electron chi connectivity index (χ0n) is 7.27. The third kappa shape index (κ3) is 1.89. The number of aliphatic hydroxyl groups excluding tert-OH is 1. The van der Waals surface area contributed by atoms with Crippen LogP contribution in [0, 0.1) is 5.82 Å². The van der Waals surface area contributed by atoms with E-state index < -0.39 is 24.4 Å². The molecule has 14 heavy (non-hydrogen) atoms. The first-order chi connectivity index (χ1) is 6.57. The molecule has 0 aliphatic heterocycles. The highest BCUT2D eigenvalue weighted by Crippen LogP contribution is 2.19. The number of halogens is 1. The van der Waals surface area contributed by atoms with Crippen LogP contribution >= 0.6 is 0 Å². The number of aromatic carboxylic acids is 1. The standard InChI is InChI=1S/C9H10FNO3/c10-6-3-1-2-5(9(13)14)8(6)7(11)4-12/h1-3,7,12H,4,11H2,(H,13,14). The van der Waals surface area contributed by atoms with Crippen molar-refractivity contribution in [2.24, 2.45) is 5.73 Å². The van der Waals surface area contributed by atoms with Crippen LogP contribution in [0.1, 0.15) is 22.0 Å². The number of benzene rings is 1. The maximum Gasteiger partial charge on any atom is 0.336 e. The molecule has 1 unspecified atom stereocenters. The topological polar surface area (TPSA) is 83.5 Å². The minimum absolute atomic E-state index is 0.164. The summed E-state index contributed by atoms with van der Waals surface area (Å²) in [6.07, 6.45) is 0. The predicted octanol–water partition coefficient (Wildman–Crippen LogP) is 0.516. The fourth-order valence-corrected chi connectivity index (χ4v) is 1.19. The van der Waals surface area contributed by atoms with Gasteiger partial charge in [-0.3, -0.25) is 0 Å². The van der Waals surface area contributed by atoms with Gasteiger partial charge < -0.3 is 15.9 Å². The molecule has 0 spiro atoms. The van der Waals surface area contributed by atoms with E-state index in [1.165, 1.54) is 12.1 Å². The summed E-state index contributed by atoms with van der Waals surface area (Å²) in [5.41, 5.74) is 5.00. The zero-order valence-corrected chi connectivity index (χ0v) is 7.27. The van der Waals surface area contributed by atoms with E-state index in [-0.39, 0.29) is 11.1 Å². The maximum absolute atomic E-state index is 13.2. The van der Waals surface area contributed by atoms with Crippen molar-refractivity contribution in [1.29, 1.82) is 0 Å². The summed E-state index contributed by atoms with van der Waals surface area (Å²) < 4.78 is 13.2. The first-order valence-corrected chi connectivity index (χ1v) is 3.96. The molecule has 0 aromatic heterocycles. The smallest absolute Gasteiger partial charge is 0.336 e. The van der Waals surface area contributed by atoms with Crippen molar-refractivity contribution in [3.8, 4) is 0 Å². The lowest BCUT2D eigenvalue weighted by Crippen LogP contribution is -2.20. The number of aliphatic hydroxyl groups is 1. The zero-order chi connectivity index (χ0) is 10.7. The van der Waals surface area contributed by atoms with E-state index in [0.29, 0.717) is 0 Å². The second-order valence-corrected chi connectivity index (χ2v) is 2.80. The van der Waals surface area contributed by atoms with Gasteiger partial charge in [0.1, 0.15) is 5.82 Å². The van der Waals surface area contributed by atoms with Crippen LogP contribution in [0.2, 0.25) is 0 Å². The first-order valence-electron chi connectivity index (χ1n) is 3.96. The quantitative estimate of drug-likeness (QED) is 0.662. The molecule has 1 rings (SSSR count). The molecule has 4 nitrogen and oxygen atoms in total. The molecule has 0 aliphatic rings. The van der Waals surface area contributed by atoms with E-state index in [0.717, 1.165) is 6.07 Å². The molecule has 0 heterocycles. The number of hydrogen-bond acceptors (Lipinski definition) is 3. The summed E-state index contributed by atoms with van der Waals surface area (Å²) >= 11 is 0. The molecule has 76 valence electrons. The Morgan fingerprint density at radius 2 is 2.21 bits per heavy atom. The fraction of sp³-hybridized carbons (Fsp3) is 0.222. The predicted molar refractivity (Wildman–Crippen MR) is 47.4 cm³/mol. The third-order valence-corrected chi connectivity index (χ3v) is 1.85. The van der Waals surface area contributed by atoms with E-state index in [4.69, 9.17) is 15.9 Å². The van der Waals surface area contributed by atoms with E-state index in [9.17, 15) is 9.18 Å². The van der Waals surface area contributed by atoms with Crippen LogP contribution in [-0.4, -0.2) is 22.8 Å². The number of carbonyl (C=O) groups is 1. The molecule has 5 heteroatoms. The number of nitrogens with two attached hydrogens (primary N) is 1. The van der Waals surface area contributed by atoms with Gasteiger partial charge in [0.2, 0.25) is 0 Å². The normalized spacial score (nSPS) is 12.5. The van der Waals surface area contributed by atoms with E-state index in [2.05, 4.69) is 0 Å². The number of carboxylic acid groups (broad SMARTS) is 1. The van der Waals surface area contributed by atoms with Crippen molar-refractivity contribution in [2.75, 3.05) is 6.61 Å². The van der Waals surface area contributed by atoms with Crippen molar-refractivity contribution in [3.05, 3.63) is 35.1 Å². The summed E-state index contributed by atoms with van der Waals surface area (Å²) in [6, 6.07) is 2.63. The van der Waals surface area contributed by atoms with Gasteiger partial charge in [-0.15, -0.1) is 0 Å². The second kappa shape index (κ2) is 4.17. The largest absolute Gasteiger partial charge is 0.478 e. The molecule has 0 amide bonds. The maximum atomic E-state index is 13.2. The van der Waals surface area contributed by atoms with Crippen molar-refractivity contribution in [2.45, 2.75) is 6.04 Å². The highest BCUT2D eigenvalue weighted by molar-refractivity contribution is 5.89. The summed E-state index contributed by atoms with van der Waals surface area (Å²) in [5.74, 6) is -1.98. The van der Waals surface area contributed by atoms with Crippen LogP contribution in [0.4, 0.5) is 4.39 Å². The Morgan fingerprint density at radius 1 is 1.57 bits per heavy atom.